The van der Waals surface area contributed by atoms with Crippen LogP contribution < -0.4 is 16.2 Å². The van der Waals surface area contributed by atoms with Crippen molar-refractivity contribution in [2.24, 2.45) is 5.92 Å². The Hall–Kier alpha value is -1.42. The van der Waals surface area contributed by atoms with Crippen LogP contribution in [0.2, 0.25) is 0 Å². The standard InChI is InChI=1S/C16H27N3O/c1-11(2)10-20-16-13(4-5-14(17)15(16)18)12-6-8-19(3)9-7-12/h4-5,11-12H,6-10,17-18H2,1-3H3. The Morgan fingerprint density at radius 1 is 1.25 bits per heavy atom. The van der Waals surface area contributed by atoms with Gasteiger partial charge in [-0.05, 0) is 56.4 Å². The van der Waals surface area contributed by atoms with Gasteiger partial charge in [0.15, 0.2) is 0 Å². The monoisotopic (exact) mass is 277 g/mol. The van der Waals surface area contributed by atoms with E-state index in [4.69, 9.17) is 16.2 Å². The van der Waals surface area contributed by atoms with Crippen LogP contribution in [0.5, 0.6) is 5.75 Å². The van der Waals surface area contributed by atoms with Gasteiger partial charge in [-0.1, -0.05) is 19.9 Å². The number of piperidine rings is 1. The first-order chi connectivity index (χ1) is 9.49. The summed E-state index contributed by atoms with van der Waals surface area (Å²) in [5.74, 6) is 1.81. The molecule has 112 valence electrons. The average Bonchev–Trinajstić information content (AvgIpc) is 2.41. The fourth-order valence-electron chi connectivity index (χ4n) is 2.68. The van der Waals surface area contributed by atoms with E-state index in [9.17, 15) is 0 Å². The van der Waals surface area contributed by atoms with Gasteiger partial charge in [0, 0.05) is 0 Å². The number of hydrogen-bond donors (Lipinski definition) is 2. The molecule has 0 saturated carbocycles. The number of ether oxygens (including phenoxy) is 1. The molecule has 4 heteroatoms. The van der Waals surface area contributed by atoms with E-state index in [1.54, 1.807) is 0 Å². The lowest BCUT2D eigenvalue weighted by molar-refractivity contribution is 0.242. The van der Waals surface area contributed by atoms with Gasteiger partial charge in [-0.2, -0.15) is 0 Å². The Bertz CT molecular complexity index is 451. The maximum Gasteiger partial charge on any atom is 0.147 e. The predicted octanol–water partition coefficient (Wildman–Crippen LogP) is 2.69. The molecule has 1 saturated heterocycles. The van der Waals surface area contributed by atoms with Crippen molar-refractivity contribution in [1.82, 2.24) is 4.90 Å². The molecule has 0 amide bonds. The molecule has 1 aromatic carbocycles. The van der Waals surface area contributed by atoms with Gasteiger partial charge in [0.1, 0.15) is 5.75 Å². The number of nitrogens with zero attached hydrogens (tertiary/aromatic N) is 1. The Labute approximate surface area is 122 Å². The molecule has 4 nitrogen and oxygen atoms in total. The third kappa shape index (κ3) is 3.37. The highest BCUT2D eigenvalue weighted by Crippen LogP contribution is 2.40. The minimum Gasteiger partial charge on any atom is -0.491 e. The summed E-state index contributed by atoms with van der Waals surface area (Å²) in [6, 6.07) is 4.00. The predicted molar refractivity (Wildman–Crippen MR) is 85.1 cm³/mol. The minimum atomic E-state index is 0.473. The van der Waals surface area contributed by atoms with Crippen LogP contribution in [-0.4, -0.2) is 31.6 Å². The molecule has 0 atom stereocenters. The number of rotatable bonds is 4. The fraction of sp³-hybridized carbons (Fsp3) is 0.625. The molecule has 1 heterocycles. The van der Waals surface area contributed by atoms with E-state index in [2.05, 4.69) is 31.9 Å². The van der Waals surface area contributed by atoms with E-state index in [0.29, 0.717) is 29.8 Å². The highest BCUT2D eigenvalue weighted by Gasteiger charge is 2.23. The van der Waals surface area contributed by atoms with Crippen LogP contribution in [-0.2, 0) is 0 Å². The topological polar surface area (TPSA) is 64.5 Å². The Morgan fingerprint density at radius 2 is 1.90 bits per heavy atom. The van der Waals surface area contributed by atoms with Gasteiger partial charge < -0.3 is 21.1 Å². The van der Waals surface area contributed by atoms with Gasteiger partial charge in [0.2, 0.25) is 0 Å². The van der Waals surface area contributed by atoms with Gasteiger partial charge in [0.05, 0.1) is 18.0 Å². The fourth-order valence-corrected chi connectivity index (χ4v) is 2.68. The first-order valence-corrected chi connectivity index (χ1v) is 7.48. The molecule has 2 rings (SSSR count). The average molecular weight is 277 g/mol. The molecular formula is C16H27N3O. The number of benzene rings is 1. The van der Waals surface area contributed by atoms with Crippen LogP contribution in [0, 0.1) is 5.92 Å². The van der Waals surface area contributed by atoms with Gasteiger partial charge >= 0.3 is 0 Å². The number of nitrogen functional groups attached to an aromatic ring is 2. The molecule has 0 spiro atoms. The molecule has 1 aliphatic rings. The smallest absolute Gasteiger partial charge is 0.147 e. The summed E-state index contributed by atoms with van der Waals surface area (Å²) in [6.07, 6.45) is 2.30. The van der Waals surface area contributed by atoms with Gasteiger partial charge in [-0.15, -0.1) is 0 Å². The molecule has 0 aliphatic carbocycles. The largest absolute Gasteiger partial charge is 0.491 e. The van der Waals surface area contributed by atoms with E-state index < -0.39 is 0 Å². The quantitative estimate of drug-likeness (QED) is 0.831. The molecular weight excluding hydrogens is 250 g/mol. The third-order valence-corrected chi connectivity index (χ3v) is 3.98. The zero-order chi connectivity index (χ0) is 14.7. The lowest BCUT2D eigenvalue weighted by Crippen LogP contribution is -2.29. The summed E-state index contributed by atoms with van der Waals surface area (Å²) in [5, 5.41) is 0. The number of nitrogens with two attached hydrogens (primary N) is 2. The third-order valence-electron chi connectivity index (χ3n) is 3.98. The number of anilines is 2. The van der Waals surface area contributed by atoms with Crippen molar-refractivity contribution in [3.63, 3.8) is 0 Å². The molecule has 20 heavy (non-hydrogen) atoms. The molecule has 0 unspecified atom stereocenters. The molecule has 4 N–H and O–H groups in total. The van der Waals surface area contributed by atoms with Crippen molar-refractivity contribution in [2.75, 3.05) is 38.2 Å². The van der Waals surface area contributed by atoms with E-state index in [1.807, 2.05) is 6.07 Å². The Balaban J connectivity index is 2.24. The second-order valence-electron chi connectivity index (χ2n) is 6.27. The Morgan fingerprint density at radius 3 is 2.50 bits per heavy atom. The summed E-state index contributed by atoms with van der Waals surface area (Å²) in [5.41, 5.74) is 14.5. The van der Waals surface area contributed by atoms with Crippen LogP contribution in [0.3, 0.4) is 0 Å². The van der Waals surface area contributed by atoms with Crippen molar-refractivity contribution < 1.29 is 4.74 Å². The minimum absolute atomic E-state index is 0.473. The maximum atomic E-state index is 6.14. The van der Waals surface area contributed by atoms with E-state index >= 15 is 0 Å². The Kier molecular flexibility index (Phi) is 4.76. The zero-order valence-electron chi connectivity index (χ0n) is 12.9. The van der Waals surface area contributed by atoms with Crippen LogP contribution in [0.1, 0.15) is 38.2 Å². The maximum absolute atomic E-state index is 6.14. The lowest BCUT2D eigenvalue weighted by Gasteiger charge is -2.30. The van der Waals surface area contributed by atoms with Crippen molar-refractivity contribution in [2.45, 2.75) is 32.6 Å². The van der Waals surface area contributed by atoms with Crippen molar-refractivity contribution in [3.8, 4) is 5.75 Å². The summed E-state index contributed by atoms with van der Waals surface area (Å²) in [6.45, 7) is 7.19. The van der Waals surface area contributed by atoms with Crippen molar-refractivity contribution in [1.29, 1.82) is 0 Å². The second-order valence-corrected chi connectivity index (χ2v) is 6.27. The first kappa shape index (κ1) is 15.0. The molecule has 0 aromatic heterocycles. The van der Waals surface area contributed by atoms with Crippen LogP contribution in [0.15, 0.2) is 12.1 Å². The summed E-state index contributed by atoms with van der Waals surface area (Å²) in [7, 11) is 2.17. The van der Waals surface area contributed by atoms with Crippen LogP contribution in [0.25, 0.3) is 0 Å². The van der Waals surface area contributed by atoms with E-state index in [-0.39, 0.29) is 0 Å². The van der Waals surface area contributed by atoms with Crippen LogP contribution in [0.4, 0.5) is 11.4 Å². The first-order valence-electron chi connectivity index (χ1n) is 7.48. The van der Waals surface area contributed by atoms with E-state index in [1.165, 1.54) is 5.56 Å². The molecule has 1 aliphatic heterocycles. The summed E-state index contributed by atoms with van der Waals surface area (Å²) in [4.78, 5) is 2.37. The lowest BCUT2D eigenvalue weighted by atomic mass is 9.88. The van der Waals surface area contributed by atoms with Crippen LogP contribution >= 0.6 is 0 Å². The van der Waals surface area contributed by atoms with Crippen molar-refractivity contribution >= 4 is 11.4 Å². The number of likely N-dealkylation sites (tertiary alicyclic amines) is 1. The van der Waals surface area contributed by atoms with E-state index in [0.717, 1.165) is 31.7 Å². The molecule has 1 fully saturated rings. The summed E-state index contributed by atoms with van der Waals surface area (Å²) < 4.78 is 5.97. The van der Waals surface area contributed by atoms with Gasteiger partial charge in [-0.3, -0.25) is 0 Å². The molecule has 0 bridgehead atoms. The highest BCUT2D eigenvalue weighted by atomic mass is 16.5. The molecule has 0 radical (unpaired) electrons. The molecule has 1 aromatic rings. The normalized spacial score (nSPS) is 17.6. The van der Waals surface area contributed by atoms with Gasteiger partial charge in [0.25, 0.3) is 0 Å². The second kappa shape index (κ2) is 6.35. The van der Waals surface area contributed by atoms with Gasteiger partial charge in [-0.25, -0.2) is 0 Å². The number of hydrogen-bond acceptors (Lipinski definition) is 4. The zero-order valence-corrected chi connectivity index (χ0v) is 12.9. The SMILES string of the molecule is CC(C)COc1c(C2CCN(C)CC2)ccc(N)c1N. The highest BCUT2D eigenvalue weighted by molar-refractivity contribution is 5.73. The summed E-state index contributed by atoms with van der Waals surface area (Å²) >= 11 is 0. The van der Waals surface area contributed by atoms with Crippen molar-refractivity contribution in [3.05, 3.63) is 17.7 Å².